The van der Waals surface area contributed by atoms with Crippen molar-refractivity contribution in [1.82, 2.24) is 0 Å². The van der Waals surface area contributed by atoms with E-state index in [4.69, 9.17) is 0 Å². The largest absolute Gasteiger partial charge is 0.382 e. The SMILES string of the molecule is CCCCCCCC(C)Nc1ccc(Br)cc1C. The van der Waals surface area contributed by atoms with Gasteiger partial charge >= 0.3 is 0 Å². The van der Waals surface area contributed by atoms with Crippen LogP contribution in [-0.2, 0) is 0 Å². The first-order valence-electron chi connectivity index (χ1n) is 7.16. The summed E-state index contributed by atoms with van der Waals surface area (Å²) >= 11 is 3.50. The molecule has 0 amide bonds. The second-order valence-corrected chi connectivity index (χ2v) is 6.12. The van der Waals surface area contributed by atoms with Gasteiger partial charge in [-0.15, -0.1) is 0 Å². The third kappa shape index (κ3) is 5.90. The highest BCUT2D eigenvalue weighted by Crippen LogP contribution is 2.21. The zero-order chi connectivity index (χ0) is 13.4. The summed E-state index contributed by atoms with van der Waals surface area (Å²) in [6.07, 6.45) is 8.07. The Bertz CT molecular complexity index is 349. The Kier molecular flexibility index (Phi) is 7.41. The van der Waals surface area contributed by atoms with Crippen molar-refractivity contribution in [3.8, 4) is 0 Å². The number of halogens is 1. The molecule has 1 rings (SSSR count). The molecule has 1 atom stereocenters. The summed E-state index contributed by atoms with van der Waals surface area (Å²) in [5, 5.41) is 3.61. The van der Waals surface area contributed by atoms with Crippen molar-refractivity contribution in [3.63, 3.8) is 0 Å². The van der Waals surface area contributed by atoms with E-state index in [1.54, 1.807) is 0 Å². The second-order valence-electron chi connectivity index (χ2n) is 5.21. The molecule has 0 saturated carbocycles. The lowest BCUT2D eigenvalue weighted by molar-refractivity contribution is 0.578. The summed E-state index contributed by atoms with van der Waals surface area (Å²) in [6.45, 7) is 6.70. The molecule has 0 aliphatic heterocycles. The molecular formula is C16H26BrN. The molecule has 1 nitrogen and oxygen atoms in total. The van der Waals surface area contributed by atoms with Crippen molar-refractivity contribution in [2.24, 2.45) is 0 Å². The molecule has 1 aromatic rings. The van der Waals surface area contributed by atoms with Crippen molar-refractivity contribution >= 4 is 21.6 Å². The number of anilines is 1. The number of aryl methyl sites for hydroxylation is 1. The average molecular weight is 312 g/mol. The molecule has 18 heavy (non-hydrogen) atoms. The molecule has 2 heteroatoms. The van der Waals surface area contributed by atoms with Crippen LogP contribution >= 0.6 is 15.9 Å². The number of hydrogen-bond acceptors (Lipinski definition) is 1. The van der Waals surface area contributed by atoms with Gasteiger partial charge in [0, 0.05) is 16.2 Å². The molecule has 0 bridgehead atoms. The summed E-state index contributed by atoms with van der Waals surface area (Å²) in [5.41, 5.74) is 2.57. The predicted octanol–water partition coefficient (Wildman–Crippen LogP) is 5.92. The first-order chi connectivity index (χ1) is 8.63. The maximum Gasteiger partial charge on any atom is 0.0372 e. The Morgan fingerprint density at radius 2 is 1.89 bits per heavy atom. The molecule has 1 N–H and O–H groups in total. The molecular weight excluding hydrogens is 286 g/mol. The van der Waals surface area contributed by atoms with Crippen LogP contribution in [-0.4, -0.2) is 6.04 Å². The minimum Gasteiger partial charge on any atom is -0.382 e. The van der Waals surface area contributed by atoms with Gasteiger partial charge in [-0.2, -0.15) is 0 Å². The zero-order valence-corrected chi connectivity index (χ0v) is 13.5. The summed E-state index contributed by atoms with van der Waals surface area (Å²) < 4.78 is 1.15. The monoisotopic (exact) mass is 311 g/mol. The fourth-order valence-corrected chi connectivity index (χ4v) is 2.66. The smallest absolute Gasteiger partial charge is 0.0372 e. The normalized spacial score (nSPS) is 12.4. The Hall–Kier alpha value is -0.500. The second kappa shape index (κ2) is 8.58. The fraction of sp³-hybridized carbons (Fsp3) is 0.625. The molecule has 1 aromatic carbocycles. The summed E-state index contributed by atoms with van der Waals surface area (Å²) in [7, 11) is 0. The van der Waals surface area contributed by atoms with Gasteiger partial charge in [0.1, 0.15) is 0 Å². The molecule has 0 aromatic heterocycles. The first kappa shape index (κ1) is 15.6. The Balaban J connectivity index is 2.28. The highest BCUT2D eigenvalue weighted by Gasteiger charge is 2.04. The van der Waals surface area contributed by atoms with E-state index < -0.39 is 0 Å². The standard InChI is InChI=1S/C16H26BrN/c1-4-5-6-7-8-9-14(3)18-16-11-10-15(17)12-13(16)2/h10-12,14,18H,4-9H2,1-3H3. The van der Waals surface area contributed by atoms with Gasteiger partial charge in [0.2, 0.25) is 0 Å². The van der Waals surface area contributed by atoms with E-state index in [1.165, 1.54) is 49.8 Å². The average Bonchev–Trinajstić information content (AvgIpc) is 2.32. The van der Waals surface area contributed by atoms with Crippen molar-refractivity contribution in [3.05, 3.63) is 28.2 Å². The van der Waals surface area contributed by atoms with Gasteiger partial charge in [-0.3, -0.25) is 0 Å². The van der Waals surface area contributed by atoms with E-state index in [-0.39, 0.29) is 0 Å². The van der Waals surface area contributed by atoms with E-state index in [2.05, 4.69) is 60.2 Å². The molecule has 102 valence electrons. The third-order valence-corrected chi connectivity index (χ3v) is 3.82. The van der Waals surface area contributed by atoms with Crippen molar-refractivity contribution in [1.29, 1.82) is 0 Å². The van der Waals surface area contributed by atoms with Gasteiger partial charge in [0.15, 0.2) is 0 Å². The van der Waals surface area contributed by atoms with Crippen molar-refractivity contribution in [2.75, 3.05) is 5.32 Å². The lowest BCUT2D eigenvalue weighted by atomic mass is 10.1. The molecule has 0 aliphatic carbocycles. The third-order valence-electron chi connectivity index (χ3n) is 3.33. The number of hydrogen-bond donors (Lipinski definition) is 1. The van der Waals surface area contributed by atoms with Crippen LogP contribution in [0, 0.1) is 6.92 Å². The van der Waals surface area contributed by atoms with E-state index >= 15 is 0 Å². The topological polar surface area (TPSA) is 12.0 Å². The van der Waals surface area contributed by atoms with Gasteiger partial charge in [-0.25, -0.2) is 0 Å². The highest BCUT2D eigenvalue weighted by molar-refractivity contribution is 9.10. The minimum atomic E-state index is 0.562. The van der Waals surface area contributed by atoms with Gasteiger partial charge in [-0.05, 0) is 44.0 Å². The van der Waals surface area contributed by atoms with Crippen LogP contribution in [0.3, 0.4) is 0 Å². The maximum atomic E-state index is 3.61. The number of nitrogens with one attached hydrogen (secondary N) is 1. The molecule has 0 spiro atoms. The first-order valence-corrected chi connectivity index (χ1v) is 7.95. The van der Waals surface area contributed by atoms with E-state index in [0.29, 0.717) is 6.04 Å². The molecule has 0 fully saturated rings. The van der Waals surface area contributed by atoms with E-state index in [9.17, 15) is 0 Å². The Morgan fingerprint density at radius 3 is 2.56 bits per heavy atom. The predicted molar refractivity (Wildman–Crippen MR) is 85.3 cm³/mol. The lowest BCUT2D eigenvalue weighted by Gasteiger charge is -2.17. The fourth-order valence-electron chi connectivity index (χ4n) is 2.18. The van der Waals surface area contributed by atoms with Gasteiger partial charge < -0.3 is 5.32 Å². The number of benzene rings is 1. The summed E-state index contributed by atoms with van der Waals surface area (Å²) in [5.74, 6) is 0. The van der Waals surface area contributed by atoms with Crippen LogP contribution in [0.25, 0.3) is 0 Å². The van der Waals surface area contributed by atoms with Crippen LogP contribution in [0.4, 0.5) is 5.69 Å². The van der Waals surface area contributed by atoms with E-state index in [1.807, 2.05) is 0 Å². The molecule has 0 heterocycles. The highest BCUT2D eigenvalue weighted by atomic mass is 79.9. The van der Waals surface area contributed by atoms with Crippen LogP contribution < -0.4 is 5.32 Å². The molecule has 1 unspecified atom stereocenters. The Morgan fingerprint density at radius 1 is 1.17 bits per heavy atom. The summed E-state index contributed by atoms with van der Waals surface area (Å²) in [4.78, 5) is 0. The van der Waals surface area contributed by atoms with Gasteiger partial charge in [-0.1, -0.05) is 55.0 Å². The van der Waals surface area contributed by atoms with Crippen LogP contribution in [0.5, 0.6) is 0 Å². The quantitative estimate of drug-likeness (QED) is 0.588. The molecule has 0 aliphatic rings. The van der Waals surface area contributed by atoms with Crippen molar-refractivity contribution < 1.29 is 0 Å². The number of unbranched alkanes of at least 4 members (excludes halogenated alkanes) is 4. The van der Waals surface area contributed by atoms with Crippen LogP contribution in [0.1, 0.15) is 57.9 Å². The van der Waals surface area contributed by atoms with Gasteiger partial charge in [0.25, 0.3) is 0 Å². The van der Waals surface area contributed by atoms with Crippen LogP contribution in [0.15, 0.2) is 22.7 Å². The van der Waals surface area contributed by atoms with Crippen LogP contribution in [0.2, 0.25) is 0 Å². The minimum absolute atomic E-state index is 0.562. The lowest BCUT2D eigenvalue weighted by Crippen LogP contribution is -2.15. The molecule has 0 radical (unpaired) electrons. The van der Waals surface area contributed by atoms with E-state index in [0.717, 1.165) is 4.47 Å². The van der Waals surface area contributed by atoms with Crippen molar-refractivity contribution in [2.45, 2.75) is 65.3 Å². The van der Waals surface area contributed by atoms with Gasteiger partial charge in [0.05, 0.1) is 0 Å². The number of rotatable bonds is 8. The zero-order valence-electron chi connectivity index (χ0n) is 11.9. The maximum absolute atomic E-state index is 3.61. The Labute approximate surface area is 120 Å². The summed E-state index contributed by atoms with van der Waals surface area (Å²) in [6, 6.07) is 6.98. The molecule has 0 saturated heterocycles.